The normalized spacial score (nSPS) is 12.1. The molecule has 0 bridgehead atoms. The molecule has 0 aliphatic carbocycles. The van der Waals surface area contributed by atoms with Crippen molar-refractivity contribution in [1.29, 1.82) is 0 Å². The Morgan fingerprint density at radius 1 is 1.07 bits per heavy atom. The highest BCUT2D eigenvalue weighted by Gasteiger charge is 2.20. The quantitative estimate of drug-likeness (QED) is 0.335. The summed E-state index contributed by atoms with van der Waals surface area (Å²) in [5.74, 6) is 0.0741. The highest BCUT2D eigenvalue weighted by atomic mass is 16.1. The van der Waals surface area contributed by atoms with E-state index in [4.69, 9.17) is 11.5 Å². The van der Waals surface area contributed by atoms with Gasteiger partial charge in [0.25, 0.3) is 0 Å². The number of primary amides is 1. The van der Waals surface area contributed by atoms with Gasteiger partial charge < -0.3 is 16.8 Å². The van der Waals surface area contributed by atoms with Crippen molar-refractivity contribution in [3.05, 3.63) is 82.9 Å². The molecule has 0 radical (unpaired) electrons. The van der Waals surface area contributed by atoms with Crippen LogP contribution in [0.1, 0.15) is 39.4 Å². The molecule has 0 aliphatic heterocycles. The minimum Gasteiger partial charge on any atom is -0.384 e. The lowest BCUT2D eigenvalue weighted by molar-refractivity contribution is 0.1000. The summed E-state index contributed by atoms with van der Waals surface area (Å²) in [5.41, 5.74) is 16.3. The minimum absolute atomic E-state index is 0.0774. The summed E-state index contributed by atoms with van der Waals surface area (Å²) in [6.07, 6.45) is 0.824. The summed E-state index contributed by atoms with van der Waals surface area (Å²) in [6, 6.07) is 19.5. The first-order chi connectivity index (χ1) is 14.6. The number of fused-ring (bicyclic) bond motifs is 1. The predicted molar refractivity (Wildman–Crippen MR) is 116 cm³/mol. The molecule has 1 atom stereocenters. The molecular weight excluding hydrogens is 378 g/mol. The second-order valence-electron chi connectivity index (χ2n) is 7.13. The van der Waals surface area contributed by atoms with Crippen LogP contribution in [0.3, 0.4) is 0 Å². The molecule has 2 aromatic carbocycles. The van der Waals surface area contributed by atoms with Crippen molar-refractivity contribution in [2.45, 2.75) is 18.9 Å². The molecule has 4 aromatic rings. The molecule has 0 aliphatic rings. The van der Waals surface area contributed by atoms with E-state index in [1.54, 1.807) is 6.07 Å². The summed E-state index contributed by atoms with van der Waals surface area (Å²) >= 11 is 0. The number of hydrogen-bond donors (Lipinski definition) is 4. The van der Waals surface area contributed by atoms with Gasteiger partial charge in [-0.2, -0.15) is 10.3 Å². The third kappa shape index (κ3) is 4.28. The van der Waals surface area contributed by atoms with Crippen molar-refractivity contribution in [2.75, 3.05) is 12.3 Å². The molecule has 30 heavy (non-hydrogen) atoms. The van der Waals surface area contributed by atoms with E-state index >= 15 is 0 Å². The highest BCUT2D eigenvalue weighted by molar-refractivity contribution is 5.92. The van der Waals surface area contributed by atoms with Gasteiger partial charge in [0.1, 0.15) is 11.3 Å². The van der Waals surface area contributed by atoms with Crippen LogP contribution < -0.4 is 16.8 Å². The number of hydrogen-bond acceptors (Lipinski definition) is 6. The number of benzene rings is 2. The van der Waals surface area contributed by atoms with Crippen molar-refractivity contribution in [1.82, 2.24) is 25.7 Å². The Morgan fingerprint density at radius 3 is 2.70 bits per heavy atom. The Bertz CT molecular complexity index is 1160. The Kier molecular flexibility index (Phi) is 5.67. The van der Waals surface area contributed by atoms with Crippen LogP contribution in [0.5, 0.6) is 0 Å². The Hall–Kier alpha value is -3.78. The third-order valence-electron chi connectivity index (χ3n) is 5.07. The highest BCUT2D eigenvalue weighted by Crippen LogP contribution is 2.32. The number of nitrogens with two attached hydrogens (primary N) is 2. The molecule has 1 unspecified atom stereocenters. The fourth-order valence-corrected chi connectivity index (χ4v) is 3.65. The molecule has 8 heteroatoms. The van der Waals surface area contributed by atoms with Crippen LogP contribution in [0.4, 0.5) is 5.82 Å². The largest absolute Gasteiger partial charge is 0.384 e. The van der Waals surface area contributed by atoms with Crippen LogP contribution in [0, 0.1) is 0 Å². The monoisotopic (exact) mass is 401 g/mol. The second kappa shape index (κ2) is 8.71. The van der Waals surface area contributed by atoms with Crippen LogP contribution in [-0.4, -0.2) is 32.8 Å². The van der Waals surface area contributed by atoms with Gasteiger partial charge in [-0.3, -0.25) is 4.79 Å². The van der Waals surface area contributed by atoms with Gasteiger partial charge in [-0.05, 0) is 47.9 Å². The van der Waals surface area contributed by atoms with Crippen LogP contribution in [0.2, 0.25) is 0 Å². The maximum Gasteiger partial charge on any atom is 0.248 e. The number of anilines is 1. The number of H-pyrrole nitrogens is 1. The average Bonchev–Trinajstić information content (AvgIpc) is 3.22. The first-order valence-electron chi connectivity index (χ1n) is 9.73. The zero-order valence-electron chi connectivity index (χ0n) is 16.4. The zero-order chi connectivity index (χ0) is 20.9. The van der Waals surface area contributed by atoms with Crippen LogP contribution in [0.15, 0.2) is 60.7 Å². The second-order valence-corrected chi connectivity index (χ2v) is 7.13. The summed E-state index contributed by atoms with van der Waals surface area (Å²) in [6.45, 7) is 1.39. The smallest absolute Gasteiger partial charge is 0.248 e. The van der Waals surface area contributed by atoms with E-state index in [2.05, 4.69) is 37.8 Å². The first kappa shape index (κ1) is 19.5. The fourth-order valence-electron chi connectivity index (χ4n) is 3.65. The third-order valence-corrected chi connectivity index (χ3v) is 5.07. The Labute approximate surface area is 173 Å². The van der Waals surface area contributed by atoms with E-state index in [1.807, 2.05) is 42.5 Å². The lowest BCUT2D eigenvalue weighted by Gasteiger charge is -2.19. The Balaban J connectivity index is 1.52. The van der Waals surface area contributed by atoms with Crippen molar-refractivity contribution in [3.63, 3.8) is 0 Å². The first-order valence-corrected chi connectivity index (χ1v) is 9.73. The van der Waals surface area contributed by atoms with Crippen LogP contribution in [0.25, 0.3) is 11.2 Å². The SMILES string of the molecule is NC(=O)c1cccc(CNCCC(c2ccccc2)c2cc(N)nc3n[nH]nc23)c1. The number of nitrogens with zero attached hydrogens (tertiary/aromatic N) is 3. The molecule has 0 saturated carbocycles. The topological polar surface area (TPSA) is 136 Å². The van der Waals surface area contributed by atoms with E-state index in [0.717, 1.165) is 29.6 Å². The number of amides is 1. The maximum atomic E-state index is 11.4. The van der Waals surface area contributed by atoms with E-state index in [9.17, 15) is 4.79 Å². The molecule has 2 aromatic heterocycles. The Morgan fingerprint density at radius 2 is 1.90 bits per heavy atom. The van der Waals surface area contributed by atoms with Crippen LogP contribution >= 0.6 is 0 Å². The summed E-state index contributed by atoms with van der Waals surface area (Å²) < 4.78 is 0. The summed E-state index contributed by atoms with van der Waals surface area (Å²) in [4.78, 5) is 15.6. The molecule has 2 heterocycles. The molecule has 0 spiro atoms. The predicted octanol–water partition coefficient (Wildman–Crippen LogP) is 2.35. The fraction of sp³-hybridized carbons (Fsp3) is 0.182. The number of pyridine rings is 1. The number of carbonyl (C=O) groups excluding carboxylic acids is 1. The number of carbonyl (C=O) groups is 1. The van der Waals surface area contributed by atoms with E-state index < -0.39 is 5.91 Å². The van der Waals surface area contributed by atoms with Gasteiger partial charge in [-0.25, -0.2) is 4.98 Å². The van der Waals surface area contributed by atoms with Gasteiger partial charge in [0.2, 0.25) is 11.6 Å². The van der Waals surface area contributed by atoms with Gasteiger partial charge >= 0.3 is 0 Å². The van der Waals surface area contributed by atoms with Crippen molar-refractivity contribution in [3.8, 4) is 0 Å². The van der Waals surface area contributed by atoms with Gasteiger partial charge in [-0.15, -0.1) is 5.10 Å². The minimum atomic E-state index is -0.423. The van der Waals surface area contributed by atoms with Crippen LogP contribution in [-0.2, 0) is 6.54 Å². The molecule has 0 saturated heterocycles. The average molecular weight is 401 g/mol. The zero-order valence-corrected chi connectivity index (χ0v) is 16.4. The molecule has 152 valence electrons. The standard InChI is InChI=1S/C22H23N7O/c23-19-12-18(20-22(26-19)28-29-27-20)17(15-6-2-1-3-7-15)9-10-25-13-14-5-4-8-16(11-14)21(24)30/h1-8,11-12,17,25H,9-10,13H2,(H2,24,30)(H3,23,26,27,28,29). The molecule has 6 N–H and O–H groups in total. The van der Waals surface area contributed by atoms with Gasteiger partial charge in [0.15, 0.2) is 0 Å². The molecule has 1 amide bonds. The van der Waals surface area contributed by atoms with Crippen molar-refractivity contribution < 1.29 is 4.79 Å². The number of rotatable bonds is 8. The number of nitrogens with one attached hydrogen (secondary N) is 2. The van der Waals surface area contributed by atoms with Gasteiger partial charge in [-0.1, -0.05) is 42.5 Å². The molecule has 4 rings (SSSR count). The number of aromatic nitrogens is 4. The number of aromatic amines is 1. The van der Waals surface area contributed by atoms with Crippen molar-refractivity contribution in [2.24, 2.45) is 5.73 Å². The van der Waals surface area contributed by atoms with Gasteiger partial charge in [0.05, 0.1) is 0 Å². The lowest BCUT2D eigenvalue weighted by atomic mass is 9.88. The van der Waals surface area contributed by atoms with E-state index in [0.29, 0.717) is 23.6 Å². The number of nitrogen functional groups attached to an aromatic ring is 1. The molecule has 8 nitrogen and oxygen atoms in total. The summed E-state index contributed by atoms with van der Waals surface area (Å²) in [5, 5.41) is 14.5. The lowest BCUT2D eigenvalue weighted by Crippen LogP contribution is -2.19. The molecule has 0 fully saturated rings. The van der Waals surface area contributed by atoms with Crippen molar-refractivity contribution >= 4 is 22.9 Å². The van der Waals surface area contributed by atoms with Gasteiger partial charge in [0, 0.05) is 18.0 Å². The van der Waals surface area contributed by atoms with E-state index in [1.165, 1.54) is 5.56 Å². The maximum absolute atomic E-state index is 11.4. The van der Waals surface area contributed by atoms with E-state index in [-0.39, 0.29) is 5.92 Å². The molecular formula is C22H23N7O. The summed E-state index contributed by atoms with van der Waals surface area (Å²) in [7, 11) is 0.